The fraction of sp³-hybridized carbons (Fsp3) is 0.391. The number of amides is 2. The van der Waals surface area contributed by atoms with Crippen LogP contribution < -0.4 is 24.8 Å². The first-order chi connectivity index (χ1) is 15.8. The quantitative estimate of drug-likeness (QED) is 0.460. The van der Waals surface area contributed by atoms with Crippen molar-refractivity contribution in [2.24, 2.45) is 0 Å². The van der Waals surface area contributed by atoms with Crippen molar-refractivity contribution in [1.29, 1.82) is 0 Å². The molecule has 180 valence electrons. The third-order valence-electron chi connectivity index (χ3n) is 4.74. The summed E-state index contributed by atoms with van der Waals surface area (Å²) in [7, 11) is 4.62. The van der Waals surface area contributed by atoms with Crippen LogP contribution in [0, 0.1) is 0 Å². The Morgan fingerprint density at radius 2 is 1.55 bits per heavy atom. The molecule has 0 radical (unpaired) electrons. The molecule has 0 aliphatic heterocycles. The molecule has 2 amide bonds. The van der Waals surface area contributed by atoms with Gasteiger partial charge in [0.15, 0.2) is 11.5 Å². The predicted octanol–water partition coefficient (Wildman–Crippen LogP) is 3.99. The van der Waals surface area contributed by atoms with E-state index < -0.39 is 0 Å². The lowest BCUT2D eigenvalue weighted by molar-refractivity contribution is -0.123. The molecule has 0 spiro atoms. The van der Waals surface area contributed by atoms with Crippen molar-refractivity contribution in [1.82, 2.24) is 10.2 Å². The van der Waals surface area contributed by atoms with Gasteiger partial charge in [0.2, 0.25) is 11.8 Å². The number of halogens is 2. The van der Waals surface area contributed by atoms with Crippen LogP contribution in [0.25, 0.3) is 0 Å². The van der Waals surface area contributed by atoms with Crippen LogP contribution >= 0.6 is 23.2 Å². The van der Waals surface area contributed by atoms with Gasteiger partial charge in [0.05, 0.1) is 45.1 Å². The number of nitrogens with zero attached hydrogens (tertiary/aromatic N) is 1. The topological polar surface area (TPSA) is 89.1 Å². The van der Waals surface area contributed by atoms with Crippen molar-refractivity contribution in [3.8, 4) is 17.2 Å². The Morgan fingerprint density at radius 3 is 2.15 bits per heavy atom. The van der Waals surface area contributed by atoms with Gasteiger partial charge >= 0.3 is 0 Å². The normalized spacial score (nSPS) is 10.6. The van der Waals surface area contributed by atoms with Crippen LogP contribution in [0.5, 0.6) is 17.2 Å². The molecule has 0 aromatic heterocycles. The van der Waals surface area contributed by atoms with Crippen molar-refractivity contribution in [2.45, 2.75) is 19.9 Å². The summed E-state index contributed by atoms with van der Waals surface area (Å²) in [6, 6.07) is 8.29. The summed E-state index contributed by atoms with van der Waals surface area (Å²) in [5, 5.41) is 6.44. The van der Waals surface area contributed by atoms with Crippen LogP contribution in [-0.4, -0.2) is 57.7 Å². The Bertz CT molecular complexity index is 971. The van der Waals surface area contributed by atoms with E-state index in [4.69, 9.17) is 37.4 Å². The zero-order valence-electron chi connectivity index (χ0n) is 19.2. The minimum Gasteiger partial charge on any atom is -0.496 e. The van der Waals surface area contributed by atoms with Gasteiger partial charge in [0.1, 0.15) is 5.75 Å². The van der Waals surface area contributed by atoms with E-state index in [1.165, 1.54) is 14.2 Å². The minimum atomic E-state index is -0.276. The molecule has 2 rings (SSSR count). The van der Waals surface area contributed by atoms with Gasteiger partial charge in [0.25, 0.3) is 0 Å². The fourth-order valence-corrected chi connectivity index (χ4v) is 3.65. The molecule has 0 bridgehead atoms. The van der Waals surface area contributed by atoms with E-state index in [0.29, 0.717) is 39.5 Å². The second-order valence-corrected chi connectivity index (χ2v) is 8.02. The van der Waals surface area contributed by atoms with Crippen LogP contribution in [0.1, 0.15) is 18.9 Å². The van der Waals surface area contributed by atoms with Gasteiger partial charge in [-0.05, 0) is 37.2 Å². The van der Waals surface area contributed by atoms with Gasteiger partial charge in [-0.3, -0.25) is 14.5 Å². The van der Waals surface area contributed by atoms with Crippen LogP contribution in [0.2, 0.25) is 10.0 Å². The summed E-state index contributed by atoms with van der Waals surface area (Å²) in [4.78, 5) is 26.8. The largest absolute Gasteiger partial charge is 0.496 e. The Hall–Kier alpha value is -2.68. The van der Waals surface area contributed by atoms with Crippen LogP contribution in [0.15, 0.2) is 30.3 Å². The lowest BCUT2D eigenvalue weighted by atomic mass is 10.1. The van der Waals surface area contributed by atoms with Crippen molar-refractivity contribution in [2.75, 3.05) is 46.3 Å². The Labute approximate surface area is 204 Å². The molecular weight excluding hydrogens is 469 g/mol. The van der Waals surface area contributed by atoms with Gasteiger partial charge in [-0.15, -0.1) is 0 Å². The molecule has 33 heavy (non-hydrogen) atoms. The number of carbonyl (C=O) groups is 2. The standard InChI is InChI=1S/C23H29Cl2N3O5/c1-5-8-28(14-23(30)27-18-7-6-16(24)10-17(18)25)13-22(29)26-12-15-9-20(32-3)21(33-4)11-19(15)31-2/h6-7,9-11H,5,8,12-14H2,1-4H3,(H,26,29)(H,27,30). The highest BCUT2D eigenvalue weighted by Crippen LogP contribution is 2.34. The molecule has 2 N–H and O–H groups in total. The molecule has 10 heteroatoms. The van der Waals surface area contributed by atoms with Crippen molar-refractivity contribution in [3.05, 3.63) is 45.9 Å². The van der Waals surface area contributed by atoms with Gasteiger partial charge in [-0.2, -0.15) is 0 Å². The zero-order chi connectivity index (χ0) is 24.4. The summed E-state index contributed by atoms with van der Waals surface area (Å²) in [5.74, 6) is 1.13. The monoisotopic (exact) mass is 497 g/mol. The summed E-state index contributed by atoms with van der Waals surface area (Å²) < 4.78 is 16.0. The Kier molecular flexibility index (Phi) is 10.6. The summed E-state index contributed by atoms with van der Waals surface area (Å²) in [5.41, 5.74) is 1.20. The molecule has 0 atom stereocenters. The predicted molar refractivity (Wildman–Crippen MR) is 130 cm³/mol. The minimum absolute atomic E-state index is 0.0416. The number of hydrogen-bond donors (Lipinski definition) is 2. The lowest BCUT2D eigenvalue weighted by Gasteiger charge is -2.21. The second-order valence-electron chi connectivity index (χ2n) is 7.18. The third kappa shape index (κ3) is 7.99. The number of rotatable bonds is 12. The maximum absolute atomic E-state index is 12.6. The molecule has 8 nitrogen and oxygen atoms in total. The van der Waals surface area contributed by atoms with Gasteiger partial charge in [-0.1, -0.05) is 30.1 Å². The highest BCUT2D eigenvalue weighted by molar-refractivity contribution is 6.36. The first kappa shape index (κ1) is 26.6. The van der Waals surface area contributed by atoms with E-state index >= 15 is 0 Å². The number of hydrogen-bond acceptors (Lipinski definition) is 6. The first-order valence-electron chi connectivity index (χ1n) is 10.3. The highest BCUT2D eigenvalue weighted by Gasteiger charge is 2.17. The van der Waals surface area contributed by atoms with E-state index in [-0.39, 0.29) is 31.4 Å². The molecule has 0 aliphatic carbocycles. The number of nitrogens with one attached hydrogen (secondary N) is 2. The smallest absolute Gasteiger partial charge is 0.238 e. The first-order valence-corrected chi connectivity index (χ1v) is 11.1. The average molecular weight is 498 g/mol. The summed E-state index contributed by atoms with van der Waals surface area (Å²) >= 11 is 12.0. The summed E-state index contributed by atoms with van der Waals surface area (Å²) in [6.45, 7) is 2.89. The lowest BCUT2D eigenvalue weighted by Crippen LogP contribution is -2.41. The molecular formula is C23H29Cl2N3O5. The molecule has 0 unspecified atom stereocenters. The Balaban J connectivity index is 1.97. The molecule has 0 fully saturated rings. The molecule has 0 saturated carbocycles. The second kappa shape index (κ2) is 13.1. The van der Waals surface area contributed by atoms with Gasteiger partial charge in [0, 0.05) is 23.2 Å². The van der Waals surface area contributed by atoms with E-state index in [2.05, 4.69) is 10.6 Å². The van der Waals surface area contributed by atoms with Crippen molar-refractivity contribution >= 4 is 40.7 Å². The number of ether oxygens (including phenoxy) is 3. The van der Waals surface area contributed by atoms with Crippen molar-refractivity contribution < 1.29 is 23.8 Å². The fourth-order valence-electron chi connectivity index (χ4n) is 3.20. The van der Waals surface area contributed by atoms with E-state index in [1.807, 2.05) is 6.92 Å². The molecule has 0 aliphatic rings. The van der Waals surface area contributed by atoms with Crippen LogP contribution in [0.3, 0.4) is 0 Å². The highest BCUT2D eigenvalue weighted by atomic mass is 35.5. The van der Waals surface area contributed by atoms with E-state index in [1.54, 1.807) is 42.3 Å². The summed E-state index contributed by atoms with van der Waals surface area (Å²) in [6.07, 6.45) is 0.783. The molecule has 2 aromatic carbocycles. The Morgan fingerprint density at radius 1 is 0.909 bits per heavy atom. The van der Waals surface area contributed by atoms with Gasteiger partial charge < -0.3 is 24.8 Å². The maximum Gasteiger partial charge on any atom is 0.238 e. The van der Waals surface area contributed by atoms with Crippen LogP contribution in [0.4, 0.5) is 5.69 Å². The van der Waals surface area contributed by atoms with Crippen molar-refractivity contribution in [3.63, 3.8) is 0 Å². The number of benzene rings is 2. The maximum atomic E-state index is 12.6. The zero-order valence-corrected chi connectivity index (χ0v) is 20.7. The number of carbonyl (C=O) groups excluding carboxylic acids is 2. The van der Waals surface area contributed by atoms with E-state index in [9.17, 15) is 9.59 Å². The third-order valence-corrected chi connectivity index (χ3v) is 5.29. The van der Waals surface area contributed by atoms with E-state index in [0.717, 1.165) is 12.0 Å². The van der Waals surface area contributed by atoms with Gasteiger partial charge in [-0.25, -0.2) is 0 Å². The molecule has 0 heterocycles. The average Bonchev–Trinajstić information content (AvgIpc) is 2.79. The number of anilines is 1. The molecule has 0 saturated heterocycles. The molecule has 2 aromatic rings. The SMILES string of the molecule is CCCN(CC(=O)NCc1cc(OC)c(OC)cc1OC)CC(=O)Nc1ccc(Cl)cc1Cl. The van der Waals surface area contributed by atoms with Crippen LogP contribution in [-0.2, 0) is 16.1 Å². The number of methoxy groups -OCH3 is 3.